The van der Waals surface area contributed by atoms with Crippen LogP contribution in [0.5, 0.6) is 0 Å². The van der Waals surface area contributed by atoms with E-state index in [4.69, 9.17) is 0 Å². The van der Waals surface area contributed by atoms with E-state index in [1.54, 1.807) is 6.20 Å². The third kappa shape index (κ3) is 4.98. The highest BCUT2D eigenvalue weighted by Gasteiger charge is 2.11. The molecule has 0 aliphatic rings. The average Bonchev–Trinajstić information content (AvgIpc) is 3.26. The lowest BCUT2D eigenvalue weighted by atomic mass is 10.2. The number of imidazole rings is 1. The van der Waals surface area contributed by atoms with Gasteiger partial charge in [-0.15, -0.1) is 21.6 Å². The van der Waals surface area contributed by atoms with Crippen LogP contribution in [0.4, 0.5) is 16.5 Å². The van der Waals surface area contributed by atoms with Crippen LogP contribution in [-0.2, 0) is 13.6 Å². The predicted molar refractivity (Wildman–Crippen MR) is 101 cm³/mol. The third-order valence-corrected chi connectivity index (χ3v) is 4.93. The van der Waals surface area contributed by atoms with Gasteiger partial charge in [0, 0.05) is 30.7 Å². The highest BCUT2D eigenvalue weighted by molar-refractivity contribution is 7.13. The van der Waals surface area contributed by atoms with Crippen molar-refractivity contribution < 1.29 is 21.5 Å². The molecule has 26 heavy (non-hydrogen) atoms. The standard InChI is InChI=1S/C18H23N6S.BrH/c1-4-23(12-13-24-11-10-22(3)15(24)2)17-7-5-16(6-8-17)20-21-18-19-9-14-25-18;/h5-11,14H,4,12-13H2,1-3H3;1H/q+1;/p-1. The Kier molecular flexibility index (Phi) is 7.47. The molecule has 0 spiro atoms. The van der Waals surface area contributed by atoms with Gasteiger partial charge in [-0.05, 0) is 31.2 Å². The fourth-order valence-corrected chi connectivity index (χ4v) is 3.08. The van der Waals surface area contributed by atoms with E-state index in [9.17, 15) is 0 Å². The number of aryl methyl sites for hydroxylation is 1. The lowest BCUT2D eigenvalue weighted by molar-refractivity contribution is -0.677. The average molecular weight is 435 g/mol. The lowest BCUT2D eigenvalue weighted by Gasteiger charge is -2.22. The molecule has 1 aromatic carbocycles. The zero-order valence-corrected chi connectivity index (χ0v) is 17.6. The number of hydrogen-bond acceptors (Lipinski definition) is 5. The summed E-state index contributed by atoms with van der Waals surface area (Å²) in [5, 5.41) is 10.9. The fraction of sp³-hybridized carbons (Fsp3) is 0.333. The van der Waals surface area contributed by atoms with Crippen LogP contribution in [0.15, 0.2) is 58.5 Å². The summed E-state index contributed by atoms with van der Waals surface area (Å²) in [6.07, 6.45) is 5.95. The number of thiazole rings is 1. The second-order valence-corrected chi connectivity index (χ2v) is 6.63. The molecule has 0 aliphatic carbocycles. The van der Waals surface area contributed by atoms with Crippen LogP contribution in [0.1, 0.15) is 12.7 Å². The quantitative estimate of drug-likeness (QED) is 0.411. The van der Waals surface area contributed by atoms with Crippen molar-refractivity contribution in [2.75, 3.05) is 18.0 Å². The van der Waals surface area contributed by atoms with Gasteiger partial charge in [-0.1, -0.05) is 0 Å². The van der Waals surface area contributed by atoms with Gasteiger partial charge in [-0.3, -0.25) is 0 Å². The summed E-state index contributed by atoms with van der Waals surface area (Å²) in [4.78, 5) is 6.46. The molecule has 0 fully saturated rings. The zero-order chi connectivity index (χ0) is 17.6. The predicted octanol–water partition coefficient (Wildman–Crippen LogP) is 1.02. The molecule has 0 radical (unpaired) electrons. The van der Waals surface area contributed by atoms with Gasteiger partial charge in [0.15, 0.2) is 0 Å². The van der Waals surface area contributed by atoms with Crippen molar-refractivity contribution >= 4 is 27.8 Å². The molecule has 6 nitrogen and oxygen atoms in total. The molecule has 2 heterocycles. The van der Waals surface area contributed by atoms with Crippen molar-refractivity contribution in [2.45, 2.75) is 20.4 Å². The minimum atomic E-state index is 0. The van der Waals surface area contributed by atoms with Crippen molar-refractivity contribution in [2.24, 2.45) is 17.3 Å². The van der Waals surface area contributed by atoms with Gasteiger partial charge >= 0.3 is 0 Å². The normalized spacial score (nSPS) is 10.9. The van der Waals surface area contributed by atoms with Crippen molar-refractivity contribution in [1.29, 1.82) is 0 Å². The minimum absolute atomic E-state index is 0. The molecular formula is C18H23BrN6S. The molecule has 8 heteroatoms. The Labute approximate surface area is 168 Å². The lowest BCUT2D eigenvalue weighted by Crippen LogP contribution is -3.00. The van der Waals surface area contributed by atoms with Crippen molar-refractivity contribution in [3.63, 3.8) is 0 Å². The van der Waals surface area contributed by atoms with Crippen LogP contribution < -0.4 is 26.4 Å². The maximum Gasteiger partial charge on any atom is 0.253 e. The third-order valence-electron chi connectivity index (χ3n) is 4.27. The maximum absolute atomic E-state index is 4.23. The Balaban J connectivity index is 0.00000243. The molecule has 0 atom stereocenters. The van der Waals surface area contributed by atoms with Crippen molar-refractivity contribution in [3.05, 3.63) is 54.1 Å². The summed E-state index contributed by atoms with van der Waals surface area (Å²) < 4.78 is 4.41. The Morgan fingerprint density at radius 2 is 2.00 bits per heavy atom. The first kappa shape index (κ1) is 20.3. The van der Waals surface area contributed by atoms with Gasteiger partial charge in [0.25, 0.3) is 5.82 Å². The van der Waals surface area contributed by atoms with Crippen molar-refractivity contribution in [1.82, 2.24) is 9.55 Å². The maximum atomic E-state index is 4.23. The largest absolute Gasteiger partial charge is 1.00 e. The fourth-order valence-electron chi connectivity index (χ4n) is 2.63. The Morgan fingerprint density at radius 1 is 1.23 bits per heavy atom. The van der Waals surface area contributed by atoms with E-state index in [2.05, 4.69) is 74.7 Å². The number of hydrogen-bond donors (Lipinski definition) is 0. The van der Waals surface area contributed by atoms with E-state index in [-0.39, 0.29) is 17.0 Å². The van der Waals surface area contributed by atoms with E-state index < -0.39 is 0 Å². The second kappa shape index (κ2) is 9.59. The van der Waals surface area contributed by atoms with Crippen LogP contribution in [0, 0.1) is 6.92 Å². The van der Waals surface area contributed by atoms with Crippen LogP contribution in [-0.4, -0.2) is 22.6 Å². The summed E-state index contributed by atoms with van der Waals surface area (Å²) in [5.74, 6) is 1.26. The number of anilines is 1. The van der Waals surface area contributed by atoms with Gasteiger partial charge in [0.1, 0.15) is 18.9 Å². The smallest absolute Gasteiger partial charge is 0.253 e. The molecule has 0 unspecified atom stereocenters. The number of azo groups is 1. The molecule has 138 valence electrons. The molecule has 0 amide bonds. The number of nitrogens with zero attached hydrogens (tertiary/aromatic N) is 6. The Hall–Kier alpha value is -2.06. The first-order valence-corrected chi connectivity index (χ1v) is 9.23. The van der Waals surface area contributed by atoms with E-state index in [1.165, 1.54) is 22.8 Å². The summed E-state index contributed by atoms with van der Waals surface area (Å²) in [5.41, 5.74) is 2.04. The molecule has 0 saturated carbocycles. The monoisotopic (exact) mass is 434 g/mol. The molecule has 0 N–H and O–H groups in total. The highest BCUT2D eigenvalue weighted by atomic mass is 79.9. The molecule has 2 aromatic heterocycles. The first-order valence-electron chi connectivity index (χ1n) is 8.35. The number of benzene rings is 1. The molecular weight excluding hydrogens is 412 g/mol. The van der Waals surface area contributed by atoms with Gasteiger partial charge in [-0.25, -0.2) is 14.1 Å². The molecule has 0 saturated heterocycles. The van der Waals surface area contributed by atoms with Gasteiger partial charge in [-0.2, -0.15) is 0 Å². The summed E-state index contributed by atoms with van der Waals surface area (Å²) in [7, 11) is 2.07. The van der Waals surface area contributed by atoms with Crippen LogP contribution in [0.3, 0.4) is 0 Å². The Bertz CT molecular complexity index is 826. The van der Waals surface area contributed by atoms with E-state index in [0.29, 0.717) is 5.13 Å². The van der Waals surface area contributed by atoms with Gasteiger partial charge < -0.3 is 21.9 Å². The molecule has 0 aliphatic heterocycles. The molecule has 3 rings (SSSR count). The topological polar surface area (TPSA) is 49.7 Å². The molecule has 0 bridgehead atoms. The summed E-state index contributed by atoms with van der Waals surface area (Å²) in [6.45, 7) is 7.21. The van der Waals surface area contributed by atoms with Crippen LogP contribution in [0.25, 0.3) is 0 Å². The van der Waals surface area contributed by atoms with E-state index >= 15 is 0 Å². The van der Waals surface area contributed by atoms with Gasteiger partial charge in [0.05, 0.1) is 19.3 Å². The number of aromatic nitrogens is 3. The van der Waals surface area contributed by atoms with Gasteiger partial charge in [0.2, 0.25) is 5.13 Å². The molecule has 3 aromatic rings. The second-order valence-electron chi connectivity index (χ2n) is 5.76. The Morgan fingerprint density at radius 3 is 2.58 bits per heavy atom. The number of halogens is 1. The van der Waals surface area contributed by atoms with Crippen LogP contribution in [0.2, 0.25) is 0 Å². The SMILES string of the molecule is CCN(CCn1cc[n+](C)c1C)c1ccc(N=Nc2nccs2)cc1.[Br-]. The minimum Gasteiger partial charge on any atom is -1.00 e. The first-order chi connectivity index (χ1) is 12.2. The number of likely N-dealkylation sites (N-methyl/N-ethyl adjacent to an activating group) is 1. The zero-order valence-electron chi connectivity index (χ0n) is 15.2. The van der Waals surface area contributed by atoms with E-state index in [0.717, 1.165) is 25.3 Å². The highest BCUT2D eigenvalue weighted by Crippen LogP contribution is 2.23. The number of rotatable bonds is 7. The van der Waals surface area contributed by atoms with E-state index in [1.807, 2.05) is 17.5 Å². The summed E-state index contributed by atoms with van der Waals surface area (Å²) in [6, 6.07) is 8.19. The van der Waals surface area contributed by atoms with Crippen molar-refractivity contribution in [3.8, 4) is 0 Å². The van der Waals surface area contributed by atoms with Crippen LogP contribution >= 0.6 is 11.3 Å². The summed E-state index contributed by atoms with van der Waals surface area (Å²) >= 11 is 1.48.